The van der Waals surface area contributed by atoms with E-state index in [0.717, 1.165) is 23.9 Å². The highest BCUT2D eigenvalue weighted by Gasteiger charge is 2.43. The zero-order valence-electron chi connectivity index (χ0n) is 8.47. The number of fused-ring (bicyclic) bond motifs is 3. The summed E-state index contributed by atoms with van der Waals surface area (Å²) >= 11 is 0. The molecule has 0 aromatic rings. The van der Waals surface area contributed by atoms with Crippen molar-refractivity contribution in [2.45, 2.75) is 63.5 Å². The monoisotopic (exact) mass is 179 g/mol. The van der Waals surface area contributed by atoms with Gasteiger partial charge in [0.1, 0.15) is 0 Å². The summed E-state index contributed by atoms with van der Waals surface area (Å²) in [5, 5.41) is 3.89. The van der Waals surface area contributed by atoms with Gasteiger partial charge in [-0.25, -0.2) is 0 Å². The predicted molar refractivity (Wildman–Crippen MR) is 54.6 cm³/mol. The van der Waals surface area contributed by atoms with E-state index in [2.05, 4.69) is 5.32 Å². The lowest BCUT2D eigenvalue weighted by Crippen LogP contribution is -2.33. The van der Waals surface area contributed by atoms with Gasteiger partial charge in [-0.15, -0.1) is 0 Å². The van der Waals surface area contributed by atoms with Crippen LogP contribution in [-0.2, 0) is 0 Å². The first-order valence-electron chi connectivity index (χ1n) is 6.21. The topological polar surface area (TPSA) is 12.0 Å². The van der Waals surface area contributed by atoms with E-state index in [-0.39, 0.29) is 0 Å². The molecule has 3 aliphatic rings. The number of rotatable bonds is 0. The zero-order chi connectivity index (χ0) is 8.67. The van der Waals surface area contributed by atoms with Crippen molar-refractivity contribution in [3.05, 3.63) is 0 Å². The van der Waals surface area contributed by atoms with Gasteiger partial charge in [0.2, 0.25) is 0 Å². The summed E-state index contributed by atoms with van der Waals surface area (Å²) in [6, 6.07) is 1.84. The molecule has 13 heavy (non-hydrogen) atoms. The minimum absolute atomic E-state index is 0.918. The molecule has 1 N–H and O–H groups in total. The Balaban J connectivity index is 1.76. The molecular weight excluding hydrogens is 158 g/mol. The van der Waals surface area contributed by atoms with Crippen LogP contribution in [0.2, 0.25) is 0 Å². The smallest absolute Gasteiger partial charge is 0.0101 e. The third-order valence-corrected chi connectivity index (χ3v) is 4.62. The highest BCUT2D eigenvalue weighted by Crippen LogP contribution is 2.43. The molecule has 0 aromatic carbocycles. The van der Waals surface area contributed by atoms with Crippen LogP contribution >= 0.6 is 0 Å². The maximum atomic E-state index is 3.89. The summed E-state index contributed by atoms with van der Waals surface area (Å²) in [5.41, 5.74) is 0. The van der Waals surface area contributed by atoms with Gasteiger partial charge in [0.05, 0.1) is 0 Å². The largest absolute Gasteiger partial charge is 0.311 e. The van der Waals surface area contributed by atoms with Gasteiger partial charge in [-0.3, -0.25) is 0 Å². The molecule has 1 saturated heterocycles. The molecule has 74 valence electrons. The average molecular weight is 179 g/mol. The second-order valence-electron chi connectivity index (χ2n) is 5.28. The molecule has 3 rings (SSSR count). The number of nitrogens with one attached hydrogen (secondary N) is 1. The molecular formula is C12H21N. The maximum absolute atomic E-state index is 3.89. The van der Waals surface area contributed by atoms with E-state index in [4.69, 9.17) is 0 Å². The van der Waals surface area contributed by atoms with Crippen LogP contribution in [0.25, 0.3) is 0 Å². The number of hydrogen-bond donors (Lipinski definition) is 1. The Morgan fingerprint density at radius 1 is 0.615 bits per heavy atom. The molecule has 0 aromatic heterocycles. The van der Waals surface area contributed by atoms with Crippen LogP contribution in [0.4, 0.5) is 0 Å². The van der Waals surface area contributed by atoms with Crippen molar-refractivity contribution >= 4 is 0 Å². The van der Waals surface area contributed by atoms with Gasteiger partial charge in [0, 0.05) is 12.1 Å². The Bertz CT molecular complexity index is 170. The van der Waals surface area contributed by atoms with E-state index < -0.39 is 0 Å². The molecule has 2 aliphatic carbocycles. The fraction of sp³-hybridized carbons (Fsp3) is 1.00. The van der Waals surface area contributed by atoms with Gasteiger partial charge in [0.15, 0.2) is 0 Å². The molecule has 1 aliphatic heterocycles. The van der Waals surface area contributed by atoms with Crippen molar-refractivity contribution in [2.75, 3.05) is 0 Å². The van der Waals surface area contributed by atoms with Crippen LogP contribution < -0.4 is 5.32 Å². The van der Waals surface area contributed by atoms with Gasteiger partial charge in [-0.2, -0.15) is 0 Å². The molecule has 2 saturated carbocycles. The molecule has 0 radical (unpaired) electrons. The van der Waals surface area contributed by atoms with E-state index in [9.17, 15) is 0 Å². The van der Waals surface area contributed by atoms with Crippen LogP contribution in [0.3, 0.4) is 0 Å². The van der Waals surface area contributed by atoms with Crippen LogP contribution in [0, 0.1) is 11.8 Å². The van der Waals surface area contributed by atoms with Crippen LogP contribution in [0.5, 0.6) is 0 Å². The Hall–Kier alpha value is -0.0400. The second kappa shape index (κ2) is 3.27. The zero-order valence-corrected chi connectivity index (χ0v) is 8.47. The molecule has 0 bridgehead atoms. The number of hydrogen-bond acceptors (Lipinski definition) is 1. The first-order chi connectivity index (χ1) is 6.45. The molecule has 4 atom stereocenters. The molecule has 0 amide bonds. The minimum atomic E-state index is 0.918. The maximum Gasteiger partial charge on any atom is 0.0101 e. The van der Waals surface area contributed by atoms with E-state index in [1.54, 1.807) is 0 Å². The summed E-state index contributed by atoms with van der Waals surface area (Å²) in [7, 11) is 0. The van der Waals surface area contributed by atoms with E-state index in [0.29, 0.717) is 0 Å². The first-order valence-corrected chi connectivity index (χ1v) is 6.21. The predicted octanol–water partition coefficient (Wildman–Crippen LogP) is 2.71. The quantitative estimate of drug-likeness (QED) is 0.603. The van der Waals surface area contributed by atoms with Crippen LogP contribution in [0.15, 0.2) is 0 Å². The fourth-order valence-corrected chi connectivity index (χ4v) is 4.03. The van der Waals surface area contributed by atoms with Crippen molar-refractivity contribution in [2.24, 2.45) is 11.8 Å². The highest BCUT2D eigenvalue weighted by atomic mass is 15.0. The second-order valence-corrected chi connectivity index (χ2v) is 5.28. The Morgan fingerprint density at radius 2 is 1.08 bits per heavy atom. The average Bonchev–Trinajstić information content (AvgIpc) is 2.56. The van der Waals surface area contributed by atoms with Crippen LogP contribution in [0.1, 0.15) is 51.4 Å². The van der Waals surface area contributed by atoms with Gasteiger partial charge >= 0.3 is 0 Å². The molecule has 0 unspecified atom stereocenters. The summed E-state index contributed by atoms with van der Waals surface area (Å²) < 4.78 is 0. The fourth-order valence-electron chi connectivity index (χ4n) is 4.03. The van der Waals surface area contributed by atoms with Crippen molar-refractivity contribution in [3.8, 4) is 0 Å². The first kappa shape index (κ1) is 8.28. The summed E-state index contributed by atoms with van der Waals surface area (Å²) in [5.74, 6) is 2.14. The van der Waals surface area contributed by atoms with Gasteiger partial charge < -0.3 is 5.32 Å². The standard InChI is InChI=1S/C12H21N/c1-3-7-11-9(5-1)10-6-2-4-8-12(10)13-11/h9-13H,1-8H2/t9-,10+,11-,12+. The van der Waals surface area contributed by atoms with Gasteiger partial charge in [0.25, 0.3) is 0 Å². The van der Waals surface area contributed by atoms with Crippen molar-refractivity contribution in [1.82, 2.24) is 5.32 Å². The van der Waals surface area contributed by atoms with E-state index in [1.165, 1.54) is 51.4 Å². The molecule has 1 heteroatoms. The van der Waals surface area contributed by atoms with Crippen molar-refractivity contribution in [3.63, 3.8) is 0 Å². The summed E-state index contributed by atoms with van der Waals surface area (Å²) in [6.07, 6.45) is 12.0. The minimum Gasteiger partial charge on any atom is -0.311 e. The van der Waals surface area contributed by atoms with Gasteiger partial charge in [-0.1, -0.05) is 25.7 Å². The third kappa shape index (κ3) is 1.32. The lowest BCUT2D eigenvalue weighted by Gasteiger charge is -2.30. The Labute approximate surface area is 81.3 Å². The van der Waals surface area contributed by atoms with Crippen molar-refractivity contribution in [1.29, 1.82) is 0 Å². The highest BCUT2D eigenvalue weighted by molar-refractivity contribution is 5.00. The summed E-state index contributed by atoms with van der Waals surface area (Å²) in [6.45, 7) is 0. The Kier molecular flexibility index (Phi) is 2.08. The van der Waals surface area contributed by atoms with E-state index in [1.807, 2.05) is 0 Å². The Morgan fingerprint density at radius 3 is 1.62 bits per heavy atom. The normalized spacial score (nSPS) is 49.8. The van der Waals surface area contributed by atoms with Gasteiger partial charge in [-0.05, 0) is 37.5 Å². The lowest BCUT2D eigenvalue weighted by molar-refractivity contribution is 0.231. The van der Waals surface area contributed by atoms with Crippen LogP contribution in [-0.4, -0.2) is 12.1 Å². The SMILES string of the molecule is C1CC[C@H]2N[C@H]3CCCC[C@H]3[C@H]2C1. The molecule has 1 nitrogen and oxygen atoms in total. The molecule has 3 fully saturated rings. The molecule has 1 heterocycles. The summed E-state index contributed by atoms with van der Waals surface area (Å²) in [4.78, 5) is 0. The van der Waals surface area contributed by atoms with Crippen molar-refractivity contribution < 1.29 is 0 Å². The third-order valence-electron chi connectivity index (χ3n) is 4.62. The molecule has 0 spiro atoms. The van der Waals surface area contributed by atoms with E-state index >= 15 is 0 Å². The lowest BCUT2D eigenvalue weighted by atomic mass is 9.73.